The molecule has 0 saturated heterocycles. The highest BCUT2D eigenvalue weighted by Gasteiger charge is 2.03. The highest BCUT2D eigenvalue weighted by Crippen LogP contribution is 2.19. The molecule has 20 heavy (non-hydrogen) atoms. The maximum absolute atomic E-state index is 11.7. The van der Waals surface area contributed by atoms with E-state index in [1.54, 1.807) is 0 Å². The summed E-state index contributed by atoms with van der Waals surface area (Å²) in [6, 6.07) is 5.63. The van der Waals surface area contributed by atoms with Crippen LogP contribution in [-0.4, -0.2) is 19.0 Å². The van der Waals surface area contributed by atoms with Gasteiger partial charge >= 0.3 is 0 Å². The van der Waals surface area contributed by atoms with Crippen LogP contribution in [-0.2, 0) is 4.79 Å². The van der Waals surface area contributed by atoms with E-state index in [9.17, 15) is 4.79 Å². The van der Waals surface area contributed by atoms with Crippen LogP contribution < -0.4 is 10.6 Å². The average Bonchev–Trinajstić information content (AvgIpc) is 2.43. The number of hydrogen-bond acceptors (Lipinski definition) is 2. The van der Waals surface area contributed by atoms with Gasteiger partial charge in [-0.05, 0) is 31.0 Å². The lowest BCUT2D eigenvalue weighted by Crippen LogP contribution is -2.30. The summed E-state index contributed by atoms with van der Waals surface area (Å²) >= 11 is 5.94. The Kier molecular flexibility index (Phi) is 8.12. The number of rotatable bonds is 9. The third-order valence-corrected chi connectivity index (χ3v) is 3.48. The maximum Gasteiger partial charge on any atom is 0.239 e. The molecule has 0 aliphatic heterocycles. The minimum atomic E-state index is 0.0277. The van der Waals surface area contributed by atoms with Crippen LogP contribution in [0.25, 0.3) is 0 Å². The van der Waals surface area contributed by atoms with E-state index < -0.39 is 0 Å². The second-order valence-corrected chi connectivity index (χ2v) is 5.51. The second-order valence-electron chi connectivity index (χ2n) is 5.08. The molecule has 0 unspecified atom stereocenters. The van der Waals surface area contributed by atoms with Crippen molar-refractivity contribution in [2.24, 2.45) is 0 Å². The fourth-order valence-corrected chi connectivity index (χ4v) is 2.15. The number of halogens is 1. The molecule has 0 radical (unpaired) electrons. The highest BCUT2D eigenvalue weighted by atomic mass is 35.5. The molecule has 0 heterocycles. The molecule has 0 saturated carbocycles. The van der Waals surface area contributed by atoms with Crippen molar-refractivity contribution in [1.29, 1.82) is 0 Å². The van der Waals surface area contributed by atoms with Gasteiger partial charge in [0, 0.05) is 17.3 Å². The van der Waals surface area contributed by atoms with Crippen LogP contribution in [0.1, 0.15) is 44.6 Å². The van der Waals surface area contributed by atoms with Crippen LogP contribution in [0.15, 0.2) is 18.2 Å². The molecule has 0 aromatic heterocycles. The average molecular weight is 297 g/mol. The van der Waals surface area contributed by atoms with Crippen molar-refractivity contribution in [2.75, 3.05) is 18.4 Å². The Morgan fingerprint density at radius 1 is 1.20 bits per heavy atom. The number of aryl methyl sites for hydroxylation is 1. The van der Waals surface area contributed by atoms with Crippen molar-refractivity contribution in [2.45, 2.75) is 46.0 Å². The van der Waals surface area contributed by atoms with Crippen molar-refractivity contribution < 1.29 is 4.79 Å². The number of carbonyl (C=O) groups is 1. The normalized spacial score (nSPS) is 10.3. The van der Waals surface area contributed by atoms with E-state index in [1.165, 1.54) is 25.7 Å². The van der Waals surface area contributed by atoms with Gasteiger partial charge in [0.2, 0.25) is 5.91 Å². The fraction of sp³-hybridized carbons (Fsp3) is 0.562. The number of amides is 1. The zero-order valence-corrected chi connectivity index (χ0v) is 13.2. The van der Waals surface area contributed by atoms with Crippen molar-refractivity contribution in [3.8, 4) is 0 Å². The van der Waals surface area contributed by atoms with E-state index >= 15 is 0 Å². The summed E-state index contributed by atoms with van der Waals surface area (Å²) in [5, 5.41) is 6.72. The van der Waals surface area contributed by atoms with Gasteiger partial charge < -0.3 is 10.6 Å². The second kappa shape index (κ2) is 9.65. The summed E-state index contributed by atoms with van der Waals surface area (Å²) in [7, 11) is 0. The van der Waals surface area contributed by atoms with E-state index in [-0.39, 0.29) is 12.5 Å². The van der Waals surface area contributed by atoms with Crippen LogP contribution in [0.4, 0.5) is 5.69 Å². The Hall–Kier alpha value is -1.22. The van der Waals surface area contributed by atoms with Gasteiger partial charge in [-0.15, -0.1) is 0 Å². The number of anilines is 1. The summed E-state index contributed by atoms with van der Waals surface area (Å²) in [6.07, 6.45) is 6.03. The van der Waals surface area contributed by atoms with Gasteiger partial charge in [0.15, 0.2) is 0 Å². The van der Waals surface area contributed by atoms with E-state index in [0.29, 0.717) is 5.02 Å². The molecule has 3 nitrogen and oxygen atoms in total. The number of unbranched alkanes of at least 4 members (excludes halogenated alkanes) is 4. The minimum absolute atomic E-state index is 0.0277. The number of nitrogens with one attached hydrogen (secondary N) is 2. The lowest BCUT2D eigenvalue weighted by molar-refractivity contribution is -0.119. The third kappa shape index (κ3) is 6.80. The monoisotopic (exact) mass is 296 g/mol. The predicted octanol–water partition coefficient (Wildman–Crippen LogP) is 4.15. The molecule has 4 heteroatoms. The van der Waals surface area contributed by atoms with Crippen molar-refractivity contribution in [1.82, 2.24) is 5.32 Å². The van der Waals surface area contributed by atoms with E-state index in [2.05, 4.69) is 17.6 Å². The largest absolute Gasteiger partial charge is 0.376 e. The van der Waals surface area contributed by atoms with Gasteiger partial charge in [-0.3, -0.25) is 4.79 Å². The number of hydrogen-bond donors (Lipinski definition) is 2. The number of benzene rings is 1. The lowest BCUT2D eigenvalue weighted by Gasteiger charge is -2.10. The first-order chi connectivity index (χ1) is 9.63. The molecule has 112 valence electrons. The number of carbonyl (C=O) groups excluding carboxylic acids is 1. The Balaban J connectivity index is 2.18. The standard InChI is InChI=1S/C16H25ClN2O/c1-3-4-5-6-7-10-18-16(20)12-19-15-11-14(17)9-8-13(15)2/h8-9,11,19H,3-7,10,12H2,1-2H3,(H,18,20). The Morgan fingerprint density at radius 2 is 1.95 bits per heavy atom. The molecule has 0 aliphatic rings. The maximum atomic E-state index is 11.7. The topological polar surface area (TPSA) is 41.1 Å². The molecular weight excluding hydrogens is 272 g/mol. The predicted molar refractivity (Wildman–Crippen MR) is 86.4 cm³/mol. The first kappa shape index (κ1) is 16.8. The molecule has 0 atom stereocenters. The van der Waals surface area contributed by atoms with Gasteiger partial charge in [0.1, 0.15) is 0 Å². The van der Waals surface area contributed by atoms with E-state index in [0.717, 1.165) is 24.2 Å². The van der Waals surface area contributed by atoms with Crippen LogP contribution >= 0.6 is 11.6 Å². The molecule has 0 fully saturated rings. The zero-order valence-electron chi connectivity index (χ0n) is 12.5. The fourth-order valence-electron chi connectivity index (χ4n) is 1.98. The third-order valence-electron chi connectivity index (χ3n) is 3.24. The van der Waals surface area contributed by atoms with Gasteiger partial charge in [0.05, 0.1) is 6.54 Å². The van der Waals surface area contributed by atoms with Gasteiger partial charge in [0.25, 0.3) is 0 Å². The Bertz CT molecular complexity index is 421. The lowest BCUT2D eigenvalue weighted by atomic mass is 10.1. The summed E-state index contributed by atoms with van der Waals surface area (Å²) in [5.74, 6) is 0.0277. The molecule has 0 aliphatic carbocycles. The molecule has 0 bridgehead atoms. The van der Waals surface area contributed by atoms with Gasteiger partial charge in [-0.2, -0.15) is 0 Å². The molecule has 2 N–H and O–H groups in total. The van der Waals surface area contributed by atoms with Crippen molar-refractivity contribution >= 4 is 23.2 Å². The summed E-state index contributed by atoms with van der Waals surface area (Å²) in [5.41, 5.74) is 2.00. The molecule has 0 spiro atoms. The Morgan fingerprint density at radius 3 is 2.70 bits per heavy atom. The molecule has 1 aromatic carbocycles. The molecule has 1 amide bonds. The summed E-state index contributed by atoms with van der Waals surface area (Å²) in [4.78, 5) is 11.7. The first-order valence-electron chi connectivity index (χ1n) is 7.40. The molecule has 1 rings (SSSR count). The highest BCUT2D eigenvalue weighted by molar-refractivity contribution is 6.30. The zero-order chi connectivity index (χ0) is 14.8. The van der Waals surface area contributed by atoms with E-state index in [4.69, 9.17) is 11.6 Å². The van der Waals surface area contributed by atoms with Gasteiger partial charge in [-0.25, -0.2) is 0 Å². The SMILES string of the molecule is CCCCCCCNC(=O)CNc1cc(Cl)ccc1C. The van der Waals surface area contributed by atoms with Crippen LogP contribution in [0.5, 0.6) is 0 Å². The first-order valence-corrected chi connectivity index (χ1v) is 7.78. The molecule has 1 aromatic rings. The van der Waals surface area contributed by atoms with E-state index in [1.807, 2.05) is 25.1 Å². The van der Waals surface area contributed by atoms with Crippen molar-refractivity contribution in [3.05, 3.63) is 28.8 Å². The molecular formula is C16H25ClN2O. The summed E-state index contributed by atoms with van der Waals surface area (Å²) < 4.78 is 0. The van der Waals surface area contributed by atoms with Crippen LogP contribution in [0.2, 0.25) is 5.02 Å². The summed E-state index contributed by atoms with van der Waals surface area (Å²) in [6.45, 7) is 5.24. The quantitative estimate of drug-likeness (QED) is 0.672. The minimum Gasteiger partial charge on any atom is -0.376 e. The van der Waals surface area contributed by atoms with Crippen LogP contribution in [0.3, 0.4) is 0 Å². The van der Waals surface area contributed by atoms with Crippen LogP contribution in [0, 0.1) is 6.92 Å². The van der Waals surface area contributed by atoms with Gasteiger partial charge in [-0.1, -0.05) is 50.3 Å². The van der Waals surface area contributed by atoms with Crippen molar-refractivity contribution in [3.63, 3.8) is 0 Å². The smallest absolute Gasteiger partial charge is 0.239 e. The Labute approximate surface area is 127 Å².